The third kappa shape index (κ3) is 3.16. The first-order valence-electron chi connectivity index (χ1n) is 6.46. The predicted octanol–water partition coefficient (Wildman–Crippen LogP) is 1.37. The Balaban J connectivity index is 1.71. The molecule has 88 valence electrons. The van der Waals surface area contributed by atoms with E-state index in [0.717, 1.165) is 13.2 Å². The van der Waals surface area contributed by atoms with E-state index in [1.54, 1.807) is 0 Å². The molecule has 0 aromatic rings. The molecule has 2 rings (SSSR count). The van der Waals surface area contributed by atoms with Crippen molar-refractivity contribution >= 4 is 0 Å². The first-order valence-corrected chi connectivity index (χ1v) is 6.46. The summed E-state index contributed by atoms with van der Waals surface area (Å²) in [6.07, 6.45) is 8.26. The number of hydrogen-bond acceptors (Lipinski definition) is 3. The molecule has 0 spiro atoms. The van der Waals surface area contributed by atoms with Crippen LogP contribution in [0.5, 0.6) is 0 Å². The van der Waals surface area contributed by atoms with Crippen LogP contribution < -0.4 is 5.73 Å². The highest BCUT2D eigenvalue weighted by molar-refractivity contribution is 4.78. The minimum atomic E-state index is 0.533. The Kier molecular flexibility index (Phi) is 4.42. The molecule has 3 heteroatoms. The summed E-state index contributed by atoms with van der Waals surface area (Å²) >= 11 is 0. The Morgan fingerprint density at radius 3 is 2.87 bits per heavy atom. The average molecular weight is 212 g/mol. The van der Waals surface area contributed by atoms with Crippen molar-refractivity contribution in [2.24, 2.45) is 5.73 Å². The van der Waals surface area contributed by atoms with E-state index in [9.17, 15) is 0 Å². The third-order valence-electron chi connectivity index (χ3n) is 3.78. The number of likely N-dealkylation sites (tertiary alicyclic amines) is 1. The molecule has 15 heavy (non-hydrogen) atoms. The van der Waals surface area contributed by atoms with Gasteiger partial charge in [-0.05, 0) is 38.6 Å². The Morgan fingerprint density at radius 1 is 1.20 bits per heavy atom. The first-order chi connectivity index (χ1) is 7.40. The molecule has 2 atom stereocenters. The summed E-state index contributed by atoms with van der Waals surface area (Å²) < 4.78 is 5.65. The van der Waals surface area contributed by atoms with Gasteiger partial charge in [-0.1, -0.05) is 6.42 Å². The molecular formula is C12H24N2O. The Labute approximate surface area is 93.0 Å². The summed E-state index contributed by atoms with van der Waals surface area (Å²) in [4.78, 5) is 2.57. The largest absolute Gasteiger partial charge is 0.378 e. The van der Waals surface area contributed by atoms with Gasteiger partial charge in [0.2, 0.25) is 0 Å². The summed E-state index contributed by atoms with van der Waals surface area (Å²) in [7, 11) is 0. The summed E-state index contributed by atoms with van der Waals surface area (Å²) in [5, 5.41) is 0. The summed E-state index contributed by atoms with van der Waals surface area (Å²) in [5.74, 6) is 0. The van der Waals surface area contributed by atoms with Crippen LogP contribution in [0.3, 0.4) is 0 Å². The van der Waals surface area contributed by atoms with Gasteiger partial charge in [-0.15, -0.1) is 0 Å². The lowest BCUT2D eigenvalue weighted by molar-refractivity contribution is 0.0767. The second kappa shape index (κ2) is 5.83. The van der Waals surface area contributed by atoms with E-state index in [0.29, 0.717) is 12.1 Å². The Bertz CT molecular complexity index is 180. The van der Waals surface area contributed by atoms with Crippen LogP contribution in [0, 0.1) is 0 Å². The zero-order chi connectivity index (χ0) is 10.5. The smallest absolute Gasteiger partial charge is 0.0588 e. The number of piperidine rings is 1. The van der Waals surface area contributed by atoms with Gasteiger partial charge in [0.1, 0.15) is 0 Å². The van der Waals surface area contributed by atoms with E-state index in [2.05, 4.69) is 4.90 Å². The lowest BCUT2D eigenvalue weighted by Gasteiger charge is -2.35. The molecule has 2 heterocycles. The number of nitrogens with two attached hydrogens (primary N) is 1. The molecule has 3 nitrogen and oxygen atoms in total. The zero-order valence-corrected chi connectivity index (χ0v) is 9.66. The van der Waals surface area contributed by atoms with Crippen LogP contribution >= 0.6 is 0 Å². The monoisotopic (exact) mass is 212 g/mol. The predicted molar refractivity (Wildman–Crippen MR) is 61.9 cm³/mol. The van der Waals surface area contributed by atoms with Gasteiger partial charge >= 0.3 is 0 Å². The normalized spacial score (nSPS) is 33.4. The van der Waals surface area contributed by atoms with Crippen molar-refractivity contribution in [3.05, 3.63) is 0 Å². The van der Waals surface area contributed by atoms with E-state index in [4.69, 9.17) is 10.5 Å². The summed E-state index contributed by atoms with van der Waals surface area (Å²) in [6.45, 7) is 4.23. The molecule has 2 unspecified atom stereocenters. The molecule has 0 bridgehead atoms. The van der Waals surface area contributed by atoms with Gasteiger partial charge in [0, 0.05) is 25.7 Å². The van der Waals surface area contributed by atoms with Crippen LogP contribution in [0.1, 0.15) is 38.5 Å². The van der Waals surface area contributed by atoms with E-state index in [1.165, 1.54) is 51.6 Å². The molecule has 2 N–H and O–H groups in total. The van der Waals surface area contributed by atoms with E-state index >= 15 is 0 Å². The van der Waals surface area contributed by atoms with Crippen molar-refractivity contribution in [3.8, 4) is 0 Å². The van der Waals surface area contributed by atoms with E-state index in [1.807, 2.05) is 0 Å². The summed E-state index contributed by atoms with van der Waals surface area (Å²) in [5.41, 5.74) is 5.80. The Hall–Kier alpha value is -0.120. The first kappa shape index (κ1) is 11.4. The molecule has 2 aliphatic rings. The summed E-state index contributed by atoms with van der Waals surface area (Å²) in [6, 6.07) is 0.639. The molecule has 0 aromatic heterocycles. The van der Waals surface area contributed by atoms with Crippen LogP contribution in [-0.2, 0) is 4.74 Å². The van der Waals surface area contributed by atoms with Crippen molar-refractivity contribution in [3.63, 3.8) is 0 Å². The van der Waals surface area contributed by atoms with Crippen LogP contribution in [0.15, 0.2) is 0 Å². The SMILES string of the molecule is NCC1CCCCN1CCC1CCCO1. The van der Waals surface area contributed by atoms with Gasteiger partial charge in [0.25, 0.3) is 0 Å². The van der Waals surface area contributed by atoms with E-state index < -0.39 is 0 Å². The van der Waals surface area contributed by atoms with Crippen molar-refractivity contribution < 1.29 is 4.74 Å². The van der Waals surface area contributed by atoms with E-state index in [-0.39, 0.29) is 0 Å². The maximum absolute atomic E-state index is 5.80. The highest BCUT2D eigenvalue weighted by Crippen LogP contribution is 2.20. The quantitative estimate of drug-likeness (QED) is 0.765. The number of rotatable bonds is 4. The maximum Gasteiger partial charge on any atom is 0.0588 e. The van der Waals surface area contributed by atoms with Gasteiger partial charge < -0.3 is 10.5 Å². The minimum Gasteiger partial charge on any atom is -0.378 e. The average Bonchev–Trinajstić information content (AvgIpc) is 2.79. The molecule has 2 saturated heterocycles. The fourth-order valence-electron chi connectivity index (χ4n) is 2.80. The van der Waals surface area contributed by atoms with Gasteiger partial charge in [-0.2, -0.15) is 0 Å². The molecule has 0 aromatic carbocycles. The fourth-order valence-corrected chi connectivity index (χ4v) is 2.80. The topological polar surface area (TPSA) is 38.5 Å². The van der Waals surface area contributed by atoms with Crippen LogP contribution in [0.4, 0.5) is 0 Å². The number of ether oxygens (including phenoxy) is 1. The Morgan fingerprint density at radius 2 is 2.13 bits per heavy atom. The standard InChI is InChI=1S/C12H24N2O/c13-10-11-4-1-2-7-14(11)8-6-12-5-3-9-15-12/h11-12H,1-10,13H2. The van der Waals surface area contributed by atoms with Crippen molar-refractivity contribution in [1.82, 2.24) is 4.90 Å². The van der Waals surface area contributed by atoms with Crippen LogP contribution in [0.25, 0.3) is 0 Å². The third-order valence-corrected chi connectivity index (χ3v) is 3.78. The molecule has 0 amide bonds. The lowest BCUT2D eigenvalue weighted by Crippen LogP contribution is -2.45. The van der Waals surface area contributed by atoms with Crippen LogP contribution in [0.2, 0.25) is 0 Å². The van der Waals surface area contributed by atoms with Crippen molar-refractivity contribution in [2.75, 3.05) is 26.2 Å². The molecule has 2 fully saturated rings. The minimum absolute atomic E-state index is 0.533. The molecular weight excluding hydrogens is 188 g/mol. The van der Waals surface area contributed by atoms with Gasteiger partial charge in [-0.3, -0.25) is 4.90 Å². The van der Waals surface area contributed by atoms with Crippen LogP contribution in [-0.4, -0.2) is 43.3 Å². The molecule has 0 aliphatic carbocycles. The second-order valence-corrected chi connectivity index (χ2v) is 4.84. The highest BCUT2D eigenvalue weighted by atomic mass is 16.5. The highest BCUT2D eigenvalue weighted by Gasteiger charge is 2.23. The van der Waals surface area contributed by atoms with Crippen molar-refractivity contribution in [2.45, 2.75) is 50.7 Å². The molecule has 2 aliphatic heterocycles. The molecule has 0 saturated carbocycles. The van der Waals surface area contributed by atoms with Crippen molar-refractivity contribution in [1.29, 1.82) is 0 Å². The van der Waals surface area contributed by atoms with Gasteiger partial charge in [0.15, 0.2) is 0 Å². The van der Waals surface area contributed by atoms with Gasteiger partial charge in [0.05, 0.1) is 6.10 Å². The molecule has 0 radical (unpaired) electrons. The number of nitrogens with zero attached hydrogens (tertiary/aromatic N) is 1. The van der Waals surface area contributed by atoms with Gasteiger partial charge in [-0.25, -0.2) is 0 Å². The lowest BCUT2D eigenvalue weighted by atomic mass is 10.0. The fraction of sp³-hybridized carbons (Fsp3) is 1.00. The second-order valence-electron chi connectivity index (χ2n) is 4.84. The zero-order valence-electron chi connectivity index (χ0n) is 9.66. The number of hydrogen-bond donors (Lipinski definition) is 1. The maximum atomic E-state index is 5.80.